The number of rotatable bonds is 4. The van der Waals surface area contributed by atoms with Crippen LogP contribution < -0.4 is 10.1 Å². The van der Waals surface area contributed by atoms with Gasteiger partial charge < -0.3 is 15.0 Å². The summed E-state index contributed by atoms with van der Waals surface area (Å²) in [6.45, 7) is 1.77. The van der Waals surface area contributed by atoms with Gasteiger partial charge in [-0.3, -0.25) is 4.79 Å². The highest BCUT2D eigenvalue weighted by Crippen LogP contribution is 2.29. The van der Waals surface area contributed by atoms with E-state index >= 15 is 0 Å². The van der Waals surface area contributed by atoms with Crippen molar-refractivity contribution in [2.45, 2.75) is 38.3 Å². The van der Waals surface area contributed by atoms with Gasteiger partial charge in [-0.1, -0.05) is 29.8 Å². The molecule has 1 aromatic heterocycles. The number of aromatic amines is 1. The topological polar surface area (TPSA) is 54.1 Å². The molecular formula is C21H21ClN2O2. The van der Waals surface area contributed by atoms with Gasteiger partial charge in [0.25, 0.3) is 5.91 Å². The van der Waals surface area contributed by atoms with Crippen molar-refractivity contribution in [1.29, 1.82) is 0 Å². The summed E-state index contributed by atoms with van der Waals surface area (Å²) in [5.41, 5.74) is 3.79. The van der Waals surface area contributed by atoms with E-state index in [0.717, 1.165) is 19.3 Å². The van der Waals surface area contributed by atoms with Gasteiger partial charge in [0.1, 0.15) is 5.75 Å². The summed E-state index contributed by atoms with van der Waals surface area (Å²) >= 11 is 5.87. The van der Waals surface area contributed by atoms with Crippen molar-refractivity contribution in [1.82, 2.24) is 10.3 Å². The van der Waals surface area contributed by atoms with E-state index in [0.29, 0.717) is 10.8 Å². The van der Waals surface area contributed by atoms with Crippen LogP contribution in [-0.2, 0) is 17.6 Å². The van der Waals surface area contributed by atoms with E-state index in [1.165, 1.54) is 22.2 Å². The molecule has 5 heteroatoms. The smallest absolute Gasteiger partial charge is 0.261 e. The molecule has 2 unspecified atom stereocenters. The Hall–Kier alpha value is -2.46. The molecule has 0 saturated heterocycles. The van der Waals surface area contributed by atoms with Crippen LogP contribution >= 0.6 is 11.6 Å². The minimum atomic E-state index is -0.555. The average Bonchev–Trinajstić information content (AvgIpc) is 3.01. The van der Waals surface area contributed by atoms with Crippen LogP contribution in [0.2, 0.25) is 5.02 Å². The molecular weight excluding hydrogens is 348 g/mol. The van der Waals surface area contributed by atoms with E-state index in [1.807, 2.05) is 6.07 Å². The monoisotopic (exact) mass is 368 g/mol. The maximum Gasteiger partial charge on any atom is 0.261 e. The van der Waals surface area contributed by atoms with Crippen LogP contribution in [0, 0.1) is 0 Å². The van der Waals surface area contributed by atoms with Crippen LogP contribution in [0.1, 0.15) is 24.6 Å². The number of aryl methyl sites for hydroxylation is 1. The van der Waals surface area contributed by atoms with Crippen LogP contribution in [-0.4, -0.2) is 23.0 Å². The molecule has 2 aromatic carbocycles. The number of benzene rings is 2. The van der Waals surface area contributed by atoms with Crippen LogP contribution in [0.4, 0.5) is 0 Å². The zero-order valence-corrected chi connectivity index (χ0v) is 15.3. The molecule has 26 heavy (non-hydrogen) atoms. The molecule has 1 aliphatic carbocycles. The lowest BCUT2D eigenvalue weighted by Crippen LogP contribution is -2.44. The molecule has 0 spiro atoms. The summed E-state index contributed by atoms with van der Waals surface area (Å²) in [6.07, 6.45) is 2.18. The van der Waals surface area contributed by atoms with E-state index in [9.17, 15) is 4.79 Å². The summed E-state index contributed by atoms with van der Waals surface area (Å²) in [7, 11) is 0. The molecule has 1 heterocycles. The molecule has 2 atom stereocenters. The first-order valence-corrected chi connectivity index (χ1v) is 9.29. The van der Waals surface area contributed by atoms with Crippen molar-refractivity contribution in [3.8, 4) is 5.75 Å². The molecule has 3 aromatic rings. The molecule has 1 amide bonds. The number of H-pyrrole nitrogens is 1. The largest absolute Gasteiger partial charge is 0.481 e. The van der Waals surface area contributed by atoms with Crippen molar-refractivity contribution in [3.63, 3.8) is 0 Å². The molecule has 4 nitrogen and oxygen atoms in total. The molecule has 0 radical (unpaired) electrons. The molecule has 2 N–H and O–H groups in total. The predicted molar refractivity (Wildman–Crippen MR) is 104 cm³/mol. The number of ether oxygens (including phenoxy) is 1. The van der Waals surface area contributed by atoms with E-state index in [4.69, 9.17) is 16.3 Å². The zero-order chi connectivity index (χ0) is 18.1. The van der Waals surface area contributed by atoms with Crippen LogP contribution in [0.5, 0.6) is 5.75 Å². The molecule has 1 aliphatic rings. The average molecular weight is 369 g/mol. The molecule has 134 valence electrons. The number of hydrogen-bond donors (Lipinski definition) is 2. The first-order valence-electron chi connectivity index (χ1n) is 8.91. The summed E-state index contributed by atoms with van der Waals surface area (Å²) in [4.78, 5) is 16.0. The molecule has 0 aliphatic heterocycles. The molecule has 0 fully saturated rings. The highest BCUT2D eigenvalue weighted by Gasteiger charge is 2.25. The maximum absolute atomic E-state index is 12.5. The Morgan fingerprint density at radius 3 is 2.81 bits per heavy atom. The van der Waals surface area contributed by atoms with Crippen molar-refractivity contribution in [3.05, 3.63) is 64.8 Å². The predicted octanol–water partition coefficient (Wildman–Crippen LogP) is 4.26. The Balaban J connectivity index is 1.39. The number of para-hydroxylation sites is 1. The Morgan fingerprint density at radius 1 is 1.23 bits per heavy atom. The standard InChI is InChI=1S/C21H21ClN2O2/c1-13(26-16-9-6-14(22)7-10-16)21(25)23-15-8-11-18-17-4-2-3-5-19(17)24-20(18)12-15/h2-7,9-10,13,15,24H,8,11-12H2,1H3,(H,23,25). The van der Waals surface area contributed by atoms with Gasteiger partial charge in [-0.15, -0.1) is 0 Å². The highest BCUT2D eigenvalue weighted by atomic mass is 35.5. The van der Waals surface area contributed by atoms with Gasteiger partial charge in [0.15, 0.2) is 6.10 Å². The Bertz CT molecular complexity index is 933. The van der Waals surface area contributed by atoms with Crippen molar-refractivity contribution >= 4 is 28.4 Å². The van der Waals surface area contributed by atoms with Gasteiger partial charge >= 0.3 is 0 Å². The molecule has 4 rings (SSSR count). The Kier molecular flexibility index (Phi) is 4.60. The van der Waals surface area contributed by atoms with Gasteiger partial charge in [0.05, 0.1) is 0 Å². The summed E-state index contributed by atoms with van der Waals surface area (Å²) < 4.78 is 5.71. The van der Waals surface area contributed by atoms with E-state index in [2.05, 4.69) is 28.5 Å². The van der Waals surface area contributed by atoms with E-state index in [-0.39, 0.29) is 11.9 Å². The minimum Gasteiger partial charge on any atom is -0.481 e. The number of carbonyl (C=O) groups is 1. The number of amides is 1. The van der Waals surface area contributed by atoms with Gasteiger partial charge in [0.2, 0.25) is 0 Å². The first-order chi connectivity index (χ1) is 12.6. The van der Waals surface area contributed by atoms with Crippen LogP contribution in [0.3, 0.4) is 0 Å². The number of aromatic nitrogens is 1. The lowest BCUT2D eigenvalue weighted by atomic mass is 9.91. The summed E-state index contributed by atoms with van der Waals surface area (Å²) in [5.74, 6) is 0.545. The van der Waals surface area contributed by atoms with Gasteiger partial charge in [-0.2, -0.15) is 0 Å². The lowest BCUT2D eigenvalue weighted by molar-refractivity contribution is -0.128. The quantitative estimate of drug-likeness (QED) is 0.722. The minimum absolute atomic E-state index is 0.0930. The lowest BCUT2D eigenvalue weighted by Gasteiger charge is -2.25. The third-order valence-corrected chi connectivity index (χ3v) is 5.19. The second kappa shape index (κ2) is 7.04. The fraction of sp³-hybridized carbons (Fsp3) is 0.286. The second-order valence-corrected chi connectivity index (χ2v) is 7.23. The Labute approximate surface area is 157 Å². The summed E-state index contributed by atoms with van der Waals surface area (Å²) in [6, 6.07) is 15.5. The number of nitrogens with one attached hydrogen (secondary N) is 2. The van der Waals surface area contributed by atoms with Crippen molar-refractivity contribution in [2.24, 2.45) is 0 Å². The Morgan fingerprint density at radius 2 is 2.00 bits per heavy atom. The van der Waals surface area contributed by atoms with E-state index in [1.54, 1.807) is 31.2 Å². The van der Waals surface area contributed by atoms with Crippen molar-refractivity contribution in [2.75, 3.05) is 0 Å². The fourth-order valence-electron chi connectivity index (χ4n) is 3.60. The van der Waals surface area contributed by atoms with E-state index < -0.39 is 6.10 Å². The molecule has 0 saturated carbocycles. The normalized spacial score (nSPS) is 17.5. The third-order valence-electron chi connectivity index (χ3n) is 4.94. The fourth-order valence-corrected chi connectivity index (χ4v) is 3.72. The number of hydrogen-bond acceptors (Lipinski definition) is 2. The number of fused-ring (bicyclic) bond motifs is 3. The maximum atomic E-state index is 12.5. The first kappa shape index (κ1) is 17.0. The summed E-state index contributed by atoms with van der Waals surface area (Å²) in [5, 5.41) is 5.07. The molecule has 0 bridgehead atoms. The SMILES string of the molecule is CC(Oc1ccc(Cl)cc1)C(=O)NC1CCc2c([nH]c3ccccc23)C1. The van der Waals surface area contributed by atoms with Gasteiger partial charge in [0, 0.05) is 34.1 Å². The number of carbonyl (C=O) groups excluding carboxylic acids is 1. The third kappa shape index (κ3) is 3.42. The van der Waals surface area contributed by atoms with Crippen LogP contribution in [0.25, 0.3) is 10.9 Å². The zero-order valence-electron chi connectivity index (χ0n) is 14.6. The second-order valence-electron chi connectivity index (χ2n) is 6.79. The van der Waals surface area contributed by atoms with Gasteiger partial charge in [-0.25, -0.2) is 0 Å². The highest BCUT2D eigenvalue weighted by molar-refractivity contribution is 6.30. The van der Waals surface area contributed by atoms with Gasteiger partial charge in [-0.05, 0) is 55.7 Å². The van der Waals surface area contributed by atoms with Crippen LogP contribution in [0.15, 0.2) is 48.5 Å². The van der Waals surface area contributed by atoms with Crippen molar-refractivity contribution < 1.29 is 9.53 Å². The number of halogens is 1.